The van der Waals surface area contributed by atoms with Crippen LogP contribution in [0, 0.1) is 5.92 Å². The van der Waals surface area contributed by atoms with Crippen LogP contribution in [0.3, 0.4) is 0 Å². The zero-order valence-corrected chi connectivity index (χ0v) is 15.3. The van der Waals surface area contributed by atoms with Gasteiger partial charge in [0.15, 0.2) is 0 Å². The van der Waals surface area contributed by atoms with Crippen molar-refractivity contribution in [1.82, 2.24) is 9.88 Å². The van der Waals surface area contributed by atoms with Crippen LogP contribution < -0.4 is 10.6 Å². The minimum Gasteiger partial charge on any atom is -0.443 e. The highest BCUT2D eigenvalue weighted by Gasteiger charge is 2.28. The fourth-order valence-electron chi connectivity index (χ4n) is 2.90. The Morgan fingerprint density at radius 3 is 2.54 bits per heavy atom. The first-order valence-corrected chi connectivity index (χ1v) is 8.73. The lowest BCUT2D eigenvalue weighted by molar-refractivity contribution is 0.0568. The Hall–Kier alpha value is -1.82. The third-order valence-corrected chi connectivity index (χ3v) is 4.29. The molecule has 2 N–H and O–H groups in total. The van der Waals surface area contributed by atoms with E-state index in [2.05, 4.69) is 16.8 Å². The molecule has 6 nitrogen and oxygen atoms in total. The van der Waals surface area contributed by atoms with Gasteiger partial charge in [-0.2, -0.15) is 0 Å². The first-order valence-electron chi connectivity index (χ1n) is 8.73. The van der Waals surface area contributed by atoms with Crippen molar-refractivity contribution in [2.75, 3.05) is 36.8 Å². The monoisotopic (exact) mass is 334 g/mol. The molecule has 2 heterocycles. The zero-order valence-electron chi connectivity index (χ0n) is 15.3. The molecule has 0 radical (unpaired) electrons. The molecule has 0 unspecified atom stereocenters. The van der Waals surface area contributed by atoms with E-state index >= 15 is 0 Å². The first-order chi connectivity index (χ1) is 11.3. The largest absolute Gasteiger partial charge is 0.443 e. The molecular formula is C18H30N4O2. The number of nitrogen functional groups attached to an aromatic ring is 1. The number of likely N-dealkylation sites (tertiary alicyclic amines) is 1. The molecule has 0 aliphatic carbocycles. The predicted octanol–water partition coefficient (Wildman–Crippen LogP) is 3.14. The Morgan fingerprint density at radius 1 is 1.38 bits per heavy atom. The van der Waals surface area contributed by atoms with Crippen molar-refractivity contribution < 1.29 is 9.53 Å². The van der Waals surface area contributed by atoms with Crippen molar-refractivity contribution in [1.29, 1.82) is 0 Å². The molecule has 0 bridgehead atoms. The van der Waals surface area contributed by atoms with Crippen LogP contribution in [0.5, 0.6) is 0 Å². The van der Waals surface area contributed by atoms with Gasteiger partial charge in [0.1, 0.15) is 11.4 Å². The lowest BCUT2D eigenvalue weighted by Gasteiger charge is -2.35. The maximum Gasteiger partial charge on any atom is 0.414 e. The molecule has 1 aromatic heterocycles. The summed E-state index contributed by atoms with van der Waals surface area (Å²) in [4.78, 5) is 20.9. The number of nitrogens with zero attached hydrogens (tertiary/aromatic N) is 3. The van der Waals surface area contributed by atoms with Crippen molar-refractivity contribution in [3.63, 3.8) is 0 Å². The number of anilines is 2. The number of amides is 1. The van der Waals surface area contributed by atoms with Gasteiger partial charge in [-0.3, -0.25) is 4.90 Å². The minimum atomic E-state index is -0.526. The topological polar surface area (TPSA) is 71.7 Å². The molecule has 1 saturated heterocycles. The molecule has 2 rings (SSSR count). The van der Waals surface area contributed by atoms with Crippen LogP contribution >= 0.6 is 0 Å². The molecule has 0 saturated carbocycles. The van der Waals surface area contributed by atoms with Gasteiger partial charge in [0.25, 0.3) is 0 Å². The van der Waals surface area contributed by atoms with Crippen LogP contribution in [0.1, 0.15) is 40.5 Å². The Balaban J connectivity index is 2.11. The van der Waals surface area contributed by atoms with Crippen LogP contribution in [0.4, 0.5) is 16.3 Å². The van der Waals surface area contributed by atoms with Gasteiger partial charge in [-0.25, -0.2) is 9.78 Å². The van der Waals surface area contributed by atoms with E-state index in [1.165, 1.54) is 0 Å². The van der Waals surface area contributed by atoms with Crippen molar-refractivity contribution in [3.05, 3.63) is 18.3 Å². The fraction of sp³-hybridized carbons (Fsp3) is 0.667. The van der Waals surface area contributed by atoms with Crippen molar-refractivity contribution in [3.8, 4) is 0 Å². The van der Waals surface area contributed by atoms with E-state index in [0.717, 1.165) is 38.2 Å². The van der Waals surface area contributed by atoms with E-state index in [-0.39, 0.29) is 6.09 Å². The van der Waals surface area contributed by atoms with Gasteiger partial charge in [0.05, 0.1) is 11.9 Å². The molecule has 1 fully saturated rings. The van der Waals surface area contributed by atoms with E-state index in [0.29, 0.717) is 18.3 Å². The average Bonchev–Trinajstić information content (AvgIpc) is 2.52. The van der Waals surface area contributed by atoms with E-state index < -0.39 is 5.60 Å². The number of hydrogen-bond acceptors (Lipinski definition) is 5. The molecule has 24 heavy (non-hydrogen) atoms. The molecule has 1 amide bonds. The summed E-state index contributed by atoms with van der Waals surface area (Å²) in [5.41, 5.74) is 5.88. The second kappa shape index (κ2) is 7.83. The molecule has 134 valence electrons. The van der Waals surface area contributed by atoms with Gasteiger partial charge in [-0.1, -0.05) is 6.92 Å². The van der Waals surface area contributed by atoms with E-state index in [9.17, 15) is 4.79 Å². The number of ether oxygens (including phenoxy) is 1. The van der Waals surface area contributed by atoms with Gasteiger partial charge in [-0.15, -0.1) is 0 Å². The van der Waals surface area contributed by atoms with Crippen LogP contribution in [0.2, 0.25) is 0 Å². The van der Waals surface area contributed by atoms with Crippen LogP contribution in [0.25, 0.3) is 0 Å². The number of piperidine rings is 1. The summed E-state index contributed by atoms with van der Waals surface area (Å²) < 4.78 is 5.59. The average molecular weight is 334 g/mol. The van der Waals surface area contributed by atoms with Gasteiger partial charge in [-0.05, 0) is 71.3 Å². The minimum absolute atomic E-state index is 0.327. The highest BCUT2D eigenvalue weighted by Crippen LogP contribution is 2.24. The lowest BCUT2D eigenvalue weighted by atomic mass is 9.96. The first kappa shape index (κ1) is 18.5. The molecule has 6 heteroatoms. The summed E-state index contributed by atoms with van der Waals surface area (Å²) in [7, 11) is 0. The summed E-state index contributed by atoms with van der Waals surface area (Å²) in [5.74, 6) is 0.914. The number of rotatable bonds is 4. The van der Waals surface area contributed by atoms with E-state index in [1.807, 2.05) is 26.8 Å². The highest BCUT2D eigenvalue weighted by molar-refractivity contribution is 5.87. The molecule has 0 aromatic carbocycles. The Bertz CT molecular complexity index is 531. The fourth-order valence-corrected chi connectivity index (χ4v) is 2.90. The smallest absolute Gasteiger partial charge is 0.414 e. The summed E-state index contributed by atoms with van der Waals surface area (Å²) in [6.07, 6.45) is 3.50. The number of pyridine rings is 1. The summed E-state index contributed by atoms with van der Waals surface area (Å²) >= 11 is 0. The van der Waals surface area contributed by atoms with E-state index in [1.54, 1.807) is 17.2 Å². The maximum absolute atomic E-state index is 12.7. The summed E-state index contributed by atoms with van der Waals surface area (Å²) in [6, 6.07) is 3.54. The summed E-state index contributed by atoms with van der Waals surface area (Å²) in [6.45, 7) is 11.7. The molecular weight excluding hydrogens is 304 g/mol. The maximum atomic E-state index is 12.7. The normalized spacial score (nSPS) is 16.8. The molecule has 1 aliphatic heterocycles. The number of carbonyl (C=O) groups is 1. The number of carbonyl (C=O) groups excluding carboxylic acids is 1. The third-order valence-electron chi connectivity index (χ3n) is 4.29. The van der Waals surface area contributed by atoms with Gasteiger partial charge >= 0.3 is 6.09 Å². The Kier molecular flexibility index (Phi) is 6.04. The number of hydrogen-bond donors (Lipinski definition) is 1. The molecule has 0 spiro atoms. The van der Waals surface area contributed by atoms with Crippen LogP contribution in [0.15, 0.2) is 18.3 Å². The molecule has 1 aromatic rings. The van der Waals surface area contributed by atoms with Crippen LogP contribution in [-0.2, 0) is 4.74 Å². The molecule has 1 aliphatic rings. The highest BCUT2D eigenvalue weighted by atomic mass is 16.6. The standard InChI is InChI=1S/C18H30N4O2/c1-5-21-10-8-14(9-11-21)13-22(17(23)24-18(2,3)4)15-6-7-16(19)20-12-15/h6-7,12,14H,5,8-11,13H2,1-4H3,(H2,19,20). The SMILES string of the molecule is CCN1CCC(CN(C(=O)OC(C)(C)C)c2ccc(N)nc2)CC1. The molecule has 0 atom stereocenters. The number of aromatic nitrogens is 1. The van der Waals surface area contributed by atoms with Gasteiger partial charge in [0, 0.05) is 6.54 Å². The van der Waals surface area contributed by atoms with Crippen molar-refractivity contribution >= 4 is 17.6 Å². The lowest BCUT2D eigenvalue weighted by Crippen LogP contribution is -2.43. The quantitative estimate of drug-likeness (QED) is 0.916. The Morgan fingerprint density at radius 2 is 2.04 bits per heavy atom. The van der Waals surface area contributed by atoms with Crippen molar-refractivity contribution in [2.45, 2.75) is 46.1 Å². The van der Waals surface area contributed by atoms with Crippen LogP contribution in [-0.4, -0.2) is 47.8 Å². The summed E-state index contributed by atoms with van der Waals surface area (Å²) in [5, 5.41) is 0. The van der Waals surface area contributed by atoms with Gasteiger partial charge in [0.2, 0.25) is 0 Å². The predicted molar refractivity (Wildman–Crippen MR) is 97.1 cm³/mol. The van der Waals surface area contributed by atoms with Crippen molar-refractivity contribution in [2.24, 2.45) is 5.92 Å². The Labute approximate surface area is 145 Å². The number of nitrogens with two attached hydrogens (primary N) is 1. The second-order valence-electron chi connectivity index (χ2n) is 7.41. The van der Waals surface area contributed by atoms with E-state index in [4.69, 9.17) is 10.5 Å². The second-order valence-corrected chi connectivity index (χ2v) is 7.41. The van der Waals surface area contributed by atoms with Gasteiger partial charge < -0.3 is 15.4 Å². The third kappa shape index (κ3) is 5.37. The zero-order chi connectivity index (χ0) is 17.7.